The van der Waals surface area contributed by atoms with Crippen molar-refractivity contribution in [2.45, 2.75) is 69.3 Å². The molecule has 2 heterocycles. The molecule has 0 aromatic carbocycles. The summed E-state index contributed by atoms with van der Waals surface area (Å²) in [6.45, 7) is 6.72. The Hall–Kier alpha value is -1.76. The van der Waals surface area contributed by atoms with Crippen LogP contribution in [0.5, 0.6) is 0 Å². The van der Waals surface area contributed by atoms with Crippen LogP contribution in [-0.4, -0.2) is 43.4 Å². The predicted molar refractivity (Wildman–Crippen MR) is 103 cm³/mol. The van der Waals surface area contributed by atoms with Crippen molar-refractivity contribution < 1.29 is 9.21 Å². The Labute approximate surface area is 159 Å². The van der Waals surface area contributed by atoms with E-state index in [4.69, 9.17) is 4.42 Å². The van der Waals surface area contributed by atoms with E-state index in [1.807, 2.05) is 31.5 Å². The first kappa shape index (κ1) is 19.0. The highest BCUT2D eigenvalue weighted by Crippen LogP contribution is 2.30. The summed E-state index contributed by atoms with van der Waals surface area (Å²) in [5.41, 5.74) is 0.934. The number of hydrogen-bond donors (Lipinski definition) is 0. The fourth-order valence-electron chi connectivity index (χ4n) is 3.70. The first-order valence-electron chi connectivity index (χ1n) is 9.44. The molecule has 0 unspecified atom stereocenters. The highest BCUT2D eigenvalue weighted by atomic mass is 32.2. The minimum absolute atomic E-state index is 0.182. The molecular formula is C19H28N4O2S. The van der Waals surface area contributed by atoms with E-state index < -0.39 is 0 Å². The highest BCUT2D eigenvalue weighted by Gasteiger charge is 2.29. The van der Waals surface area contributed by atoms with Gasteiger partial charge in [-0.25, -0.2) is 0 Å². The van der Waals surface area contributed by atoms with Crippen LogP contribution in [0.1, 0.15) is 51.7 Å². The van der Waals surface area contributed by atoms with Crippen molar-refractivity contribution in [3.8, 4) is 11.4 Å². The van der Waals surface area contributed by atoms with E-state index in [0.29, 0.717) is 6.04 Å². The molecule has 0 N–H and O–H groups in total. The van der Waals surface area contributed by atoms with Crippen LogP contribution in [0.4, 0.5) is 0 Å². The largest absolute Gasteiger partial charge is 0.469 e. The first-order chi connectivity index (χ1) is 12.5. The number of carbonyl (C=O) groups is 1. The van der Waals surface area contributed by atoms with Gasteiger partial charge in [0.2, 0.25) is 5.91 Å². The Morgan fingerprint density at radius 1 is 1.38 bits per heavy atom. The van der Waals surface area contributed by atoms with Gasteiger partial charge in [0.15, 0.2) is 11.0 Å². The number of aromatic nitrogens is 3. The zero-order valence-corrected chi connectivity index (χ0v) is 16.9. The van der Waals surface area contributed by atoms with Gasteiger partial charge in [-0.1, -0.05) is 31.0 Å². The molecule has 26 heavy (non-hydrogen) atoms. The molecule has 1 fully saturated rings. The molecule has 1 aliphatic rings. The molecular weight excluding hydrogens is 348 g/mol. The summed E-state index contributed by atoms with van der Waals surface area (Å²) in [6, 6.07) is 2.29. The summed E-state index contributed by atoms with van der Waals surface area (Å²) >= 11 is 1.48. The van der Waals surface area contributed by atoms with E-state index in [1.54, 1.807) is 6.26 Å². The van der Waals surface area contributed by atoms with Crippen LogP contribution >= 0.6 is 11.8 Å². The monoisotopic (exact) mass is 376 g/mol. The van der Waals surface area contributed by atoms with E-state index >= 15 is 0 Å². The lowest BCUT2D eigenvalue weighted by Gasteiger charge is -2.35. The maximum atomic E-state index is 13.0. The maximum Gasteiger partial charge on any atom is 0.236 e. The Balaban J connectivity index is 1.71. The van der Waals surface area contributed by atoms with Gasteiger partial charge in [0.25, 0.3) is 0 Å². The van der Waals surface area contributed by atoms with Gasteiger partial charge in [0.1, 0.15) is 5.76 Å². The summed E-state index contributed by atoms with van der Waals surface area (Å²) in [5.74, 6) is 1.78. The number of thioether (sulfide) groups is 1. The van der Waals surface area contributed by atoms with Gasteiger partial charge in [-0.05, 0) is 39.7 Å². The van der Waals surface area contributed by atoms with Crippen molar-refractivity contribution in [2.75, 3.05) is 6.54 Å². The zero-order valence-electron chi connectivity index (χ0n) is 16.1. The minimum Gasteiger partial charge on any atom is -0.469 e. The number of nitrogens with zero attached hydrogens (tertiary/aromatic N) is 4. The standard InChI is InChI=1S/C19H28N4O2S/c1-5-23(15-9-7-6-8-10-15)18(24)14(3)26-19-21-20-17(22(19)4)16-11-12-25-13(16)2/h11-12,14-15H,5-10H2,1-4H3/t14-/m1/s1. The Kier molecular flexibility index (Phi) is 6.06. The minimum atomic E-state index is -0.182. The van der Waals surface area contributed by atoms with Gasteiger partial charge >= 0.3 is 0 Å². The number of carbonyl (C=O) groups excluding carboxylic acids is 1. The van der Waals surface area contributed by atoms with Crippen molar-refractivity contribution in [1.29, 1.82) is 0 Å². The van der Waals surface area contributed by atoms with Crippen LogP contribution in [0.25, 0.3) is 11.4 Å². The van der Waals surface area contributed by atoms with Crippen LogP contribution in [0.3, 0.4) is 0 Å². The third kappa shape index (κ3) is 3.82. The number of aryl methyl sites for hydroxylation is 1. The first-order valence-corrected chi connectivity index (χ1v) is 10.3. The lowest BCUT2D eigenvalue weighted by Crippen LogP contribution is -2.44. The number of furan rings is 1. The second kappa shape index (κ2) is 8.29. The molecule has 1 saturated carbocycles. The summed E-state index contributed by atoms with van der Waals surface area (Å²) in [6.07, 6.45) is 7.67. The summed E-state index contributed by atoms with van der Waals surface area (Å²) < 4.78 is 7.30. The van der Waals surface area contributed by atoms with Crippen molar-refractivity contribution in [3.63, 3.8) is 0 Å². The van der Waals surface area contributed by atoms with Gasteiger partial charge in [-0.3, -0.25) is 4.79 Å². The average Bonchev–Trinajstić information content (AvgIpc) is 3.22. The van der Waals surface area contributed by atoms with Crippen LogP contribution < -0.4 is 0 Å². The quantitative estimate of drug-likeness (QED) is 0.712. The van der Waals surface area contributed by atoms with Crippen molar-refractivity contribution >= 4 is 17.7 Å². The van der Waals surface area contributed by atoms with Crippen molar-refractivity contribution in [2.24, 2.45) is 7.05 Å². The predicted octanol–water partition coefficient (Wildman–Crippen LogP) is 4.05. The van der Waals surface area contributed by atoms with Crippen molar-refractivity contribution in [1.82, 2.24) is 19.7 Å². The summed E-state index contributed by atoms with van der Waals surface area (Å²) in [7, 11) is 1.93. The summed E-state index contributed by atoms with van der Waals surface area (Å²) in [5, 5.41) is 9.16. The Bertz CT molecular complexity index is 749. The smallest absolute Gasteiger partial charge is 0.236 e. The van der Waals surface area contributed by atoms with E-state index in [1.165, 1.54) is 31.0 Å². The fourth-order valence-corrected chi connectivity index (χ4v) is 4.58. The maximum absolute atomic E-state index is 13.0. The lowest BCUT2D eigenvalue weighted by molar-refractivity contribution is -0.133. The topological polar surface area (TPSA) is 64.2 Å². The Morgan fingerprint density at radius 2 is 2.12 bits per heavy atom. The molecule has 7 heteroatoms. The third-order valence-corrected chi connectivity index (χ3v) is 6.33. The van der Waals surface area contributed by atoms with Gasteiger partial charge in [0, 0.05) is 19.6 Å². The highest BCUT2D eigenvalue weighted by molar-refractivity contribution is 8.00. The molecule has 3 rings (SSSR count). The van der Waals surface area contributed by atoms with Crippen LogP contribution in [-0.2, 0) is 11.8 Å². The fraction of sp³-hybridized carbons (Fsp3) is 0.632. The van der Waals surface area contributed by atoms with Gasteiger partial charge in [-0.15, -0.1) is 10.2 Å². The second-order valence-corrected chi connectivity index (χ2v) is 8.24. The molecule has 0 saturated heterocycles. The molecule has 1 amide bonds. The SMILES string of the molecule is CCN(C(=O)[C@@H](C)Sc1nnc(-c2ccoc2C)n1C)C1CCCCC1. The molecule has 0 radical (unpaired) electrons. The molecule has 0 spiro atoms. The van der Waals surface area contributed by atoms with E-state index in [-0.39, 0.29) is 11.2 Å². The number of rotatable bonds is 6. The Morgan fingerprint density at radius 3 is 2.73 bits per heavy atom. The van der Waals surface area contributed by atoms with E-state index in [0.717, 1.165) is 41.7 Å². The zero-order chi connectivity index (χ0) is 18.7. The van der Waals surface area contributed by atoms with Crippen LogP contribution in [0.15, 0.2) is 21.9 Å². The molecule has 2 aromatic heterocycles. The molecule has 0 aliphatic heterocycles. The molecule has 142 valence electrons. The van der Waals surface area contributed by atoms with Crippen LogP contribution in [0, 0.1) is 6.92 Å². The van der Waals surface area contributed by atoms with Crippen LogP contribution in [0.2, 0.25) is 0 Å². The molecule has 6 nitrogen and oxygen atoms in total. The third-order valence-electron chi connectivity index (χ3n) is 5.20. The summed E-state index contributed by atoms with van der Waals surface area (Å²) in [4.78, 5) is 15.1. The molecule has 1 aliphatic carbocycles. The van der Waals surface area contributed by atoms with Gasteiger partial charge in [-0.2, -0.15) is 0 Å². The average molecular weight is 377 g/mol. The number of amides is 1. The molecule has 1 atom stereocenters. The number of hydrogen-bond acceptors (Lipinski definition) is 5. The van der Waals surface area contributed by atoms with E-state index in [2.05, 4.69) is 22.0 Å². The molecule has 2 aromatic rings. The second-order valence-electron chi connectivity index (χ2n) is 6.93. The normalized spacial score (nSPS) is 16.6. The van der Waals surface area contributed by atoms with Crippen molar-refractivity contribution in [3.05, 3.63) is 18.1 Å². The van der Waals surface area contributed by atoms with Gasteiger partial charge in [0.05, 0.1) is 17.1 Å². The molecule has 0 bridgehead atoms. The van der Waals surface area contributed by atoms with Gasteiger partial charge < -0.3 is 13.9 Å². The lowest BCUT2D eigenvalue weighted by atomic mass is 9.94. The van der Waals surface area contributed by atoms with E-state index in [9.17, 15) is 4.79 Å².